The molecule has 0 radical (unpaired) electrons. The number of carbonyl (C=O) groups excluding carboxylic acids is 2. The number of amides is 2. The van der Waals surface area contributed by atoms with Crippen LogP contribution in [-0.2, 0) is 47.5 Å². The molecule has 1 fully saturated rings. The summed E-state index contributed by atoms with van der Waals surface area (Å²) < 4.78 is 70.3. The fourth-order valence-corrected chi connectivity index (χ4v) is 8.00. The molecule has 1 saturated heterocycles. The van der Waals surface area contributed by atoms with E-state index in [2.05, 4.69) is 25.4 Å². The zero-order valence-electron chi connectivity index (χ0n) is 34.0. The van der Waals surface area contributed by atoms with Gasteiger partial charge in [0.1, 0.15) is 31.0 Å². The van der Waals surface area contributed by atoms with E-state index >= 15 is 4.39 Å². The van der Waals surface area contributed by atoms with Gasteiger partial charge in [-0.05, 0) is 74.2 Å². The highest BCUT2D eigenvalue weighted by atomic mass is 35.5. The van der Waals surface area contributed by atoms with E-state index in [1.54, 1.807) is 29.7 Å². The van der Waals surface area contributed by atoms with Crippen molar-refractivity contribution in [3.05, 3.63) is 128 Å². The third kappa shape index (κ3) is 8.07. The van der Waals surface area contributed by atoms with E-state index in [0.717, 1.165) is 27.8 Å². The minimum Gasteiger partial charge on any atom is -0.485 e. The smallest absolute Gasteiger partial charge is 0.416 e. The maximum Gasteiger partial charge on any atom is 0.416 e. The molecule has 5 heterocycles. The van der Waals surface area contributed by atoms with Gasteiger partial charge >= 0.3 is 6.18 Å². The second kappa shape index (κ2) is 16.5. The monoisotopic (exact) mass is 873 g/mol. The number of aryl methyl sites for hydroxylation is 1. The van der Waals surface area contributed by atoms with Gasteiger partial charge in [0.2, 0.25) is 11.7 Å². The summed E-state index contributed by atoms with van der Waals surface area (Å²) in [7, 11) is 0. The molecule has 322 valence electrons. The highest BCUT2D eigenvalue weighted by Crippen LogP contribution is 2.39. The summed E-state index contributed by atoms with van der Waals surface area (Å²) in [5.41, 5.74) is 1.08. The number of ether oxygens (including phenoxy) is 2. The van der Waals surface area contributed by atoms with Gasteiger partial charge in [-0.1, -0.05) is 48.9 Å². The molecule has 3 aromatic carbocycles. The van der Waals surface area contributed by atoms with Crippen LogP contribution in [0.1, 0.15) is 64.9 Å². The molecule has 0 unspecified atom stereocenters. The number of aromatic nitrogens is 6. The Bertz CT molecular complexity index is 2790. The largest absolute Gasteiger partial charge is 0.485 e. The number of alkyl halides is 3. The molecule has 0 saturated carbocycles. The molecule has 8 rings (SSSR count). The van der Waals surface area contributed by atoms with Gasteiger partial charge in [0.15, 0.2) is 17.3 Å². The Balaban J connectivity index is 1.13. The van der Waals surface area contributed by atoms with Gasteiger partial charge in [-0.2, -0.15) is 22.7 Å². The maximum atomic E-state index is 15.9. The Hall–Kier alpha value is -6.40. The Labute approximate surface area is 357 Å². The summed E-state index contributed by atoms with van der Waals surface area (Å²) in [6, 6.07) is 15.0. The first-order valence-electron chi connectivity index (χ1n) is 19.7. The standard InChI is InChI=1S/C43H40ClF4N9O5/c1-5-33-36(54-13-15-55(16-14-54)39(59)35-37(24(2)49-23-50-35)61-21-25-9-7-6-8-10-25)40(60)57-41(52-38(53-57)28-17-26-22-62-42(3,4)29(26)19-31(28)45)56(33)20-34(58)51-32-12-11-27(18-30(32)44)43(46,47)48/h6-12,17-19,23H,5,13-16,20-22H2,1-4H3,(H,51,58). The molecule has 6 aromatic rings. The van der Waals surface area contributed by atoms with Crippen LogP contribution in [0.15, 0.2) is 71.8 Å². The molecule has 2 amide bonds. The topological polar surface area (TPSA) is 149 Å². The molecule has 0 aliphatic carbocycles. The second-order valence-electron chi connectivity index (χ2n) is 15.4. The fraction of sp³-hybridized carbons (Fsp3) is 0.326. The normalized spacial score (nSPS) is 14.9. The van der Waals surface area contributed by atoms with Gasteiger partial charge in [-0.3, -0.25) is 14.4 Å². The third-order valence-corrected chi connectivity index (χ3v) is 11.3. The number of nitrogens with zero attached hydrogens (tertiary/aromatic N) is 8. The van der Waals surface area contributed by atoms with Crippen LogP contribution in [0.25, 0.3) is 17.2 Å². The first kappa shape index (κ1) is 42.3. The third-order valence-electron chi connectivity index (χ3n) is 11.0. The molecular formula is C43H40ClF4N9O5. The molecule has 1 N–H and O–H groups in total. The first-order valence-corrected chi connectivity index (χ1v) is 20.1. The van der Waals surface area contributed by atoms with Crippen LogP contribution in [0, 0.1) is 12.7 Å². The molecule has 14 nitrogen and oxygen atoms in total. The second-order valence-corrected chi connectivity index (χ2v) is 15.8. The van der Waals surface area contributed by atoms with Crippen LogP contribution in [0.3, 0.4) is 0 Å². The van der Waals surface area contributed by atoms with Gasteiger partial charge < -0.3 is 29.2 Å². The predicted molar refractivity (Wildman–Crippen MR) is 221 cm³/mol. The molecule has 0 atom stereocenters. The number of rotatable bonds is 10. The highest BCUT2D eigenvalue weighted by molar-refractivity contribution is 6.33. The average molecular weight is 874 g/mol. The molecule has 19 heteroatoms. The number of halogens is 5. The van der Waals surface area contributed by atoms with Crippen LogP contribution in [0.4, 0.5) is 28.9 Å². The van der Waals surface area contributed by atoms with Crippen molar-refractivity contribution in [3.63, 3.8) is 0 Å². The maximum absolute atomic E-state index is 15.9. The van der Waals surface area contributed by atoms with E-state index in [1.807, 2.05) is 44.2 Å². The highest BCUT2D eigenvalue weighted by Gasteiger charge is 2.35. The Morgan fingerprint density at radius 3 is 2.45 bits per heavy atom. The first-order chi connectivity index (χ1) is 29.5. The number of nitrogens with one attached hydrogen (secondary N) is 1. The SMILES string of the molecule is CCc1c(N2CCN(C(=O)c3ncnc(C)c3OCc3ccccc3)CC2)c(=O)n2nc(-c3cc4c(cc3F)C(C)(C)OC4)nc2n1CC(=O)Nc1ccc(C(F)(F)F)cc1Cl. The number of piperazine rings is 1. The summed E-state index contributed by atoms with van der Waals surface area (Å²) in [4.78, 5) is 58.8. The van der Waals surface area contributed by atoms with Crippen LogP contribution in [-0.4, -0.2) is 72.0 Å². The molecule has 2 aliphatic rings. The zero-order chi connectivity index (χ0) is 44.1. The van der Waals surface area contributed by atoms with Gasteiger partial charge in [-0.25, -0.2) is 14.4 Å². The summed E-state index contributed by atoms with van der Waals surface area (Å²) >= 11 is 6.18. The molecular weight excluding hydrogens is 834 g/mol. The van der Waals surface area contributed by atoms with Crippen LogP contribution >= 0.6 is 11.6 Å². The summed E-state index contributed by atoms with van der Waals surface area (Å²) in [5, 5.41) is 6.72. The van der Waals surface area contributed by atoms with Crippen LogP contribution in [0.5, 0.6) is 5.75 Å². The minimum atomic E-state index is -4.65. The Kier molecular flexibility index (Phi) is 11.2. The lowest BCUT2D eigenvalue weighted by Crippen LogP contribution is -2.51. The van der Waals surface area contributed by atoms with Crippen molar-refractivity contribution < 1.29 is 36.6 Å². The van der Waals surface area contributed by atoms with Crippen molar-refractivity contribution in [1.82, 2.24) is 34.0 Å². The number of hydrogen-bond donors (Lipinski definition) is 1. The van der Waals surface area contributed by atoms with Crippen molar-refractivity contribution in [2.24, 2.45) is 0 Å². The lowest BCUT2D eigenvalue weighted by Gasteiger charge is -2.36. The van der Waals surface area contributed by atoms with Crippen molar-refractivity contribution in [1.29, 1.82) is 0 Å². The quantitative estimate of drug-likeness (QED) is 0.143. The Morgan fingerprint density at radius 2 is 1.76 bits per heavy atom. The number of carbonyl (C=O) groups is 2. The van der Waals surface area contributed by atoms with Gasteiger partial charge in [0.05, 0.1) is 45.4 Å². The van der Waals surface area contributed by atoms with Gasteiger partial charge in [-0.15, -0.1) is 5.10 Å². The number of benzene rings is 3. The lowest BCUT2D eigenvalue weighted by atomic mass is 9.94. The summed E-state index contributed by atoms with van der Waals surface area (Å²) in [6.07, 6.45) is -3.14. The summed E-state index contributed by atoms with van der Waals surface area (Å²) in [5.74, 6) is -1.66. The van der Waals surface area contributed by atoms with E-state index in [-0.39, 0.29) is 96.7 Å². The van der Waals surface area contributed by atoms with E-state index in [4.69, 9.17) is 21.1 Å². The van der Waals surface area contributed by atoms with E-state index in [0.29, 0.717) is 23.0 Å². The average Bonchev–Trinajstić information content (AvgIpc) is 3.82. The predicted octanol–water partition coefficient (Wildman–Crippen LogP) is 6.98. The van der Waals surface area contributed by atoms with Crippen molar-refractivity contribution in [3.8, 4) is 17.1 Å². The van der Waals surface area contributed by atoms with Crippen molar-refractivity contribution in [2.75, 3.05) is 36.4 Å². The summed E-state index contributed by atoms with van der Waals surface area (Å²) in [6.45, 7) is 7.83. The lowest BCUT2D eigenvalue weighted by molar-refractivity contribution is -0.137. The Morgan fingerprint density at radius 1 is 1.02 bits per heavy atom. The van der Waals surface area contributed by atoms with Gasteiger partial charge in [0.25, 0.3) is 11.5 Å². The van der Waals surface area contributed by atoms with Gasteiger partial charge in [0, 0.05) is 26.2 Å². The molecule has 2 aliphatic heterocycles. The minimum absolute atomic E-state index is 0.0134. The van der Waals surface area contributed by atoms with Crippen LogP contribution in [0.2, 0.25) is 5.02 Å². The zero-order valence-corrected chi connectivity index (χ0v) is 34.8. The molecule has 3 aromatic heterocycles. The number of anilines is 2. The number of fused-ring (bicyclic) bond motifs is 2. The van der Waals surface area contributed by atoms with Crippen molar-refractivity contribution >= 4 is 40.6 Å². The molecule has 0 bridgehead atoms. The fourth-order valence-electron chi connectivity index (χ4n) is 7.77. The molecule has 0 spiro atoms. The van der Waals surface area contributed by atoms with E-state index < -0.39 is 41.2 Å². The van der Waals surface area contributed by atoms with Crippen LogP contribution < -0.4 is 20.5 Å². The van der Waals surface area contributed by atoms with E-state index in [9.17, 15) is 27.6 Å². The number of hydrogen-bond acceptors (Lipinski definition) is 10. The van der Waals surface area contributed by atoms with Crippen molar-refractivity contribution in [2.45, 2.75) is 65.7 Å². The molecule has 62 heavy (non-hydrogen) atoms. The van der Waals surface area contributed by atoms with E-state index in [1.165, 1.54) is 17.0 Å².